The smallest absolute Gasteiger partial charge is 0.393 e. The second-order valence-corrected chi connectivity index (χ2v) is 7.15. The van der Waals surface area contributed by atoms with Crippen molar-refractivity contribution in [3.8, 4) is 5.75 Å². The monoisotopic (exact) mass is 385 g/mol. The second kappa shape index (κ2) is 8.48. The lowest BCUT2D eigenvalue weighted by Gasteiger charge is -2.39. The number of amides is 1. The fourth-order valence-corrected chi connectivity index (χ4v) is 3.93. The summed E-state index contributed by atoms with van der Waals surface area (Å²) >= 11 is 0. The Labute approximate surface area is 157 Å². The van der Waals surface area contributed by atoms with Gasteiger partial charge < -0.3 is 15.0 Å². The van der Waals surface area contributed by atoms with Crippen LogP contribution >= 0.6 is 0 Å². The van der Waals surface area contributed by atoms with E-state index in [-0.39, 0.29) is 31.5 Å². The number of nitrogens with zero attached hydrogens (tertiary/aromatic N) is 2. The molecule has 8 heteroatoms. The summed E-state index contributed by atoms with van der Waals surface area (Å²) < 4.78 is 44.5. The van der Waals surface area contributed by atoms with Crippen molar-refractivity contribution in [2.75, 3.05) is 46.4 Å². The van der Waals surface area contributed by atoms with Crippen LogP contribution in [-0.4, -0.2) is 68.3 Å². The summed E-state index contributed by atoms with van der Waals surface area (Å²) in [6, 6.07) is 7.60. The van der Waals surface area contributed by atoms with E-state index in [0.29, 0.717) is 26.1 Å². The zero-order valence-corrected chi connectivity index (χ0v) is 15.5. The Hall–Kier alpha value is -1.80. The minimum absolute atomic E-state index is 0.0537. The van der Waals surface area contributed by atoms with Crippen LogP contribution < -0.4 is 10.1 Å². The van der Waals surface area contributed by atoms with Gasteiger partial charge in [0.15, 0.2) is 0 Å². The van der Waals surface area contributed by atoms with Crippen LogP contribution in [0.2, 0.25) is 0 Å². The number of nitrogens with one attached hydrogen (secondary N) is 1. The lowest BCUT2D eigenvalue weighted by atomic mass is 9.97. The molecule has 0 bridgehead atoms. The quantitative estimate of drug-likeness (QED) is 0.865. The number of rotatable bonds is 4. The summed E-state index contributed by atoms with van der Waals surface area (Å²) in [5, 5.41) is 3.32. The van der Waals surface area contributed by atoms with Crippen LogP contribution in [0.5, 0.6) is 5.75 Å². The van der Waals surface area contributed by atoms with E-state index in [9.17, 15) is 18.0 Å². The first kappa shape index (κ1) is 19.9. The van der Waals surface area contributed by atoms with Gasteiger partial charge in [-0.15, -0.1) is 0 Å². The average molecular weight is 385 g/mol. The maximum Gasteiger partial charge on any atom is 0.393 e. The Morgan fingerprint density at radius 2 is 2.07 bits per heavy atom. The lowest BCUT2D eigenvalue weighted by Crippen LogP contribution is -2.52. The zero-order chi connectivity index (χ0) is 19.4. The van der Waals surface area contributed by atoms with Gasteiger partial charge in [0.2, 0.25) is 5.91 Å². The first-order chi connectivity index (χ1) is 12.9. The third kappa shape index (κ3) is 4.73. The summed E-state index contributed by atoms with van der Waals surface area (Å²) in [5.41, 5.74) is 0.979. The van der Waals surface area contributed by atoms with E-state index in [1.165, 1.54) is 4.90 Å². The maximum atomic E-state index is 13.0. The van der Waals surface area contributed by atoms with Crippen LogP contribution in [0.1, 0.15) is 24.4 Å². The molecule has 2 aliphatic heterocycles. The summed E-state index contributed by atoms with van der Waals surface area (Å²) in [7, 11) is 1.61. The summed E-state index contributed by atoms with van der Waals surface area (Å²) in [4.78, 5) is 16.1. The van der Waals surface area contributed by atoms with Gasteiger partial charge in [0.25, 0.3) is 0 Å². The molecule has 0 radical (unpaired) electrons. The molecule has 2 unspecified atom stereocenters. The van der Waals surface area contributed by atoms with Crippen molar-refractivity contribution < 1.29 is 22.7 Å². The van der Waals surface area contributed by atoms with E-state index in [0.717, 1.165) is 17.9 Å². The van der Waals surface area contributed by atoms with E-state index < -0.39 is 12.1 Å². The van der Waals surface area contributed by atoms with Crippen LogP contribution in [0.4, 0.5) is 13.2 Å². The largest absolute Gasteiger partial charge is 0.496 e. The van der Waals surface area contributed by atoms with Crippen LogP contribution in [0.15, 0.2) is 24.3 Å². The van der Waals surface area contributed by atoms with Gasteiger partial charge in [0, 0.05) is 38.3 Å². The third-order valence-corrected chi connectivity index (χ3v) is 5.43. The molecule has 2 atom stereocenters. The van der Waals surface area contributed by atoms with Gasteiger partial charge in [-0.05, 0) is 18.9 Å². The van der Waals surface area contributed by atoms with Gasteiger partial charge in [-0.1, -0.05) is 18.2 Å². The molecule has 2 heterocycles. The topological polar surface area (TPSA) is 44.8 Å². The lowest BCUT2D eigenvalue weighted by molar-refractivity contribution is -0.188. The first-order valence-corrected chi connectivity index (χ1v) is 9.32. The number of para-hydroxylation sites is 1. The number of hydrogen-bond donors (Lipinski definition) is 1. The highest BCUT2D eigenvalue weighted by molar-refractivity contribution is 5.78. The highest BCUT2D eigenvalue weighted by Gasteiger charge is 2.43. The van der Waals surface area contributed by atoms with Gasteiger partial charge >= 0.3 is 6.18 Å². The standard InChI is InChI=1S/C19H26F3N3O2/c1-27-17-7-3-2-6-15(17)16-11-23-8-10-24(16)13-18(26)25-9-4-5-14(12-25)19(20,21)22/h2-3,6-7,14,16,23H,4-5,8-13H2,1H3. The Morgan fingerprint density at radius 1 is 1.30 bits per heavy atom. The Morgan fingerprint density at radius 3 is 2.81 bits per heavy atom. The number of alkyl halides is 3. The van der Waals surface area contributed by atoms with E-state index in [2.05, 4.69) is 5.32 Å². The minimum atomic E-state index is -4.24. The summed E-state index contributed by atoms with van der Waals surface area (Å²) in [6.45, 7) is 2.35. The number of hydrogen-bond acceptors (Lipinski definition) is 4. The zero-order valence-electron chi connectivity index (χ0n) is 15.5. The number of methoxy groups -OCH3 is 1. The van der Waals surface area contributed by atoms with Crippen LogP contribution in [0.3, 0.4) is 0 Å². The third-order valence-electron chi connectivity index (χ3n) is 5.43. The summed E-state index contributed by atoms with van der Waals surface area (Å²) in [6.07, 6.45) is -3.74. The molecule has 5 nitrogen and oxygen atoms in total. The predicted octanol–water partition coefficient (Wildman–Crippen LogP) is 2.44. The highest BCUT2D eigenvalue weighted by Crippen LogP contribution is 2.34. The SMILES string of the molecule is COc1ccccc1C1CNCCN1CC(=O)N1CCCC(C(F)(F)F)C1. The minimum Gasteiger partial charge on any atom is -0.496 e. The average Bonchev–Trinajstić information content (AvgIpc) is 2.68. The molecule has 0 aliphatic carbocycles. The Balaban J connectivity index is 1.70. The van der Waals surface area contributed by atoms with E-state index in [1.807, 2.05) is 29.2 Å². The number of piperidine rings is 1. The Bertz CT molecular complexity index is 653. The van der Waals surface area contributed by atoms with Crippen molar-refractivity contribution in [2.24, 2.45) is 5.92 Å². The molecule has 3 rings (SSSR count). The van der Waals surface area contributed by atoms with Crippen LogP contribution in [0.25, 0.3) is 0 Å². The van der Waals surface area contributed by atoms with Crippen molar-refractivity contribution in [3.63, 3.8) is 0 Å². The van der Waals surface area contributed by atoms with Crippen molar-refractivity contribution in [1.82, 2.24) is 15.1 Å². The Kier molecular flexibility index (Phi) is 6.26. The fourth-order valence-electron chi connectivity index (χ4n) is 3.93. The number of carbonyl (C=O) groups excluding carboxylic acids is 1. The first-order valence-electron chi connectivity index (χ1n) is 9.32. The number of likely N-dealkylation sites (tertiary alicyclic amines) is 1. The predicted molar refractivity (Wildman–Crippen MR) is 95.5 cm³/mol. The molecule has 2 fully saturated rings. The normalized spacial score (nSPS) is 24.7. The molecule has 150 valence electrons. The molecular weight excluding hydrogens is 359 g/mol. The number of benzene rings is 1. The molecule has 0 aromatic heterocycles. The van der Waals surface area contributed by atoms with E-state index in [4.69, 9.17) is 4.74 Å². The fraction of sp³-hybridized carbons (Fsp3) is 0.632. The maximum absolute atomic E-state index is 13.0. The second-order valence-electron chi connectivity index (χ2n) is 7.15. The number of carbonyl (C=O) groups is 1. The molecule has 1 aromatic rings. The van der Waals surface area contributed by atoms with Crippen LogP contribution in [0, 0.1) is 5.92 Å². The molecule has 27 heavy (non-hydrogen) atoms. The highest BCUT2D eigenvalue weighted by atomic mass is 19.4. The molecule has 1 amide bonds. The van der Waals surface area contributed by atoms with E-state index >= 15 is 0 Å². The van der Waals surface area contributed by atoms with Crippen molar-refractivity contribution >= 4 is 5.91 Å². The van der Waals surface area contributed by atoms with E-state index in [1.54, 1.807) is 7.11 Å². The molecule has 0 saturated carbocycles. The van der Waals surface area contributed by atoms with Gasteiger partial charge in [-0.2, -0.15) is 13.2 Å². The van der Waals surface area contributed by atoms with Crippen molar-refractivity contribution in [2.45, 2.75) is 25.1 Å². The van der Waals surface area contributed by atoms with Gasteiger partial charge in [0.1, 0.15) is 5.75 Å². The van der Waals surface area contributed by atoms with Gasteiger partial charge in [-0.3, -0.25) is 9.69 Å². The molecule has 1 aromatic carbocycles. The van der Waals surface area contributed by atoms with Crippen molar-refractivity contribution in [1.29, 1.82) is 0 Å². The molecule has 0 spiro atoms. The number of piperazine rings is 1. The number of ether oxygens (including phenoxy) is 1. The molecular formula is C19H26F3N3O2. The molecule has 1 N–H and O–H groups in total. The summed E-state index contributed by atoms with van der Waals surface area (Å²) in [5.74, 6) is -0.896. The number of halogens is 3. The molecule has 2 saturated heterocycles. The van der Waals surface area contributed by atoms with Crippen molar-refractivity contribution in [3.05, 3.63) is 29.8 Å². The molecule has 2 aliphatic rings. The van der Waals surface area contributed by atoms with Crippen LogP contribution in [-0.2, 0) is 4.79 Å². The van der Waals surface area contributed by atoms with Gasteiger partial charge in [0.05, 0.1) is 25.6 Å². The van der Waals surface area contributed by atoms with Gasteiger partial charge in [-0.25, -0.2) is 0 Å².